The number of rotatable bonds is 6. The molecule has 3 heteroatoms. The molecule has 1 aromatic carbocycles. The molecule has 2 nitrogen and oxygen atoms in total. The molecule has 0 spiro atoms. The molecule has 0 saturated heterocycles. The average molecular weight is 237 g/mol. The number of hydrogen-bond donors (Lipinski definition) is 1. The summed E-state index contributed by atoms with van der Waals surface area (Å²) in [5, 5.41) is 3.16. The normalized spacial score (nSPS) is 10.1. The van der Waals surface area contributed by atoms with Crippen LogP contribution in [0.25, 0.3) is 0 Å². The monoisotopic (exact) mass is 237 g/mol. The first-order chi connectivity index (χ1) is 8.11. The average Bonchev–Trinajstić information content (AvgIpc) is 2.25. The van der Waals surface area contributed by atoms with Crippen molar-refractivity contribution in [3.8, 4) is 5.75 Å². The Morgan fingerprint density at radius 3 is 2.76 bits per heavy atom. The lowest BCUT2D eigenvalue weighted by Crippen LogP contribution is -2.12. The molecule has 0 aromatic heterocycles. The van der Waals surface area contributed by atoms with Crippen LogP contribution in [0.5, 0.6) is 5.75 Å². The molecule has 0 radical (unpaired) electrons. The van der Waals surface area contributed by atoms with Crippen molar-refractivity contribution in [3.63, 3.8) is 0 Å². The molecular formula is C14H20FNO. The number of benzene rings is 1. The molecular weight excluding hydrogens is 217 g/mol. The Morgan fingerprint density at radius 1 is 1.35 bits per heavy atom. The van der Waals surface area contributed by atoms with Crippen molar-refractivity contribution < 1.29 is 9.13 Å². The molecule has 0 atom stereocenters. The second-order valence-corrected chi connectivity index (χ2v) is 4.17. The van der Waals surface area contributed by atoms with Crippen LogP contribution in [0.15, 0.2) is 29.8 Å². The smallest absolute Gasteiger partial charge is 0.127 e. The lowest BCUT2D eigenvalue weighted by Gasteiger charge is -2.07. The molecule has 0 heterocycles. The molecule has 0 bridgehead atoms. The van der Waals surface area contributed by atoms with E-state index in [2.05, 4.69) is 5.32 Å². The van der Waals surface area contributed by atoms with Crippen molar-refractivity contribution in [2.45, 2.75) is 27.3 Å². The third-order valence-electron chi connectivity index (χ3n) is 2.25. The molecule has 0 aliphatic heterocycles. The van der Waals surface area contributed by atoms with Crippen molar-refractivity contribution in [1.82, 2.24) is 5.32 Å². The van der Waals surface area contributed by atoms with Gasteiger partial charge in [0.05, 0.1) is 0 Å². The number of nitrogens with one attached hydrogen (secondary N) is 1. The highest BCUT2D eigenvalue weighted by Gasteiger charge is 2.01. The van der Waals surface area contributed by atoms with Crippen LogP contribution < -0.4 is 10.1 Å². The van der Waals surface area contributed by atoms with Gasteiger partial charge >= 0.3 is 0 Å². The van der Waals surface area contributed by atoms with E-state index in [4.69, 9.17) is 4.74 Å². The first-order valence-electron chi connectivity index (χ1n) is 5.88. The summed E-state index contributed by atoms with van der Waals surface area (Å²) in [7, 11) is 0. The fourth-order valence-electron chi connectivity index (χ4n) is 1.38. The van der Waals surface area contributed by atoms with Gasteiger partial charge in [0, 0.05) is 12.6 Å². The van der Waals surface area contributed by atoms with Crippen LogP contribution in [0.1, 0.15) is 26.3 Å². The molecule has 0 aliphatic rings. The molecule has 17 heavy (non-hydrogen) atoms. The first-order valence-corrected chi connectivity index (χ1v) is 5.88. The fourth-order valence-corrected chi connectivity index (χ4v) is 1.38. The van der Waals surface area contributed by atoms with Crippen LogP contribution in [0.3, 0.4) is 0 Å². The largest absolute Gasteiger partial charge is 0.489 e. The van der Waals surface area contributed by atoms with E-state index in [0.29, 0.717) is 18.9 Å². The van der Waals surface area contributed by atoms with Crippen molar-refractivity contribution >= 4 is 0 Å². The van der Waals surface area contributed by atoms with E-state index in [1.54, 1.807) is 0 Å². The second kappa shape index (κ2) is 7.07. The summed E-state index contributed by atoms with van der Waals surface area (Å²) < 4.78 is 18.8. The van der Waals surface area contributed by atoms with Crippen LogP contribution >= 0.6 is 0 Å². The number of ether oxygens (including phenoxy) is 1. The predicted octanol–water partition coefficient (Wildman–Crippen LogP) is 3.28. The van der Waals surface area contributed by atoms with Gasteiger partial charge in [-0.1, -0.05) is 12.5 Å². The molecule has 94 valence electrons. The Labute approximate surface area is 102 Å². The Bertz CT molecular complexity index is 384. The van der Waals surface area contributed by atoms with Gasteiger partial charge in [0.2, 0.25) is 0 Å². The topological polar surface area (TPSA) is 21.3 Å². The SMILES string of the molecule is CCNCc1cc(F)cc(OCC=C(C)C)c1. The highest BCUT2D eigenvalue weighted by molar-refractivity contribution is 5.29. The Balaban J connectivity index is 2.65. The summed E-state index contributed by atoms with van der Waals surface area (Å²) in [5.41, 5.74) is 2.09. The standard InChI is InChI=1S/C14H20FNO/c1-4-16-10-12-7-13(15)9-14(8-12)17-6-5-11(2)3/h5,7-9,16H,4,6,10H2,1-3H3. The minimum absolute atomic E-state index is 0.257. The highest BCUT2D eigenvalue weighted by Crippen LogP contribution is 2.16. The summed E-state index contributed by atoms with van der Waals surface area (Å²) in [6.45, 7) is 8.03. The minimum atomic E-state index is -0.257. The first kappa shape index (κ1) is 13.7. The van der Waals surface area contributed by atoms with E-state index in [1.807, 2.05) is 32.9 Å². The zero-order valence-electron chi connectivity index (χ0n) is 10.7. The Hall–Kier alpha value is -1.35. The summed E-state index contributed by atoms with van der Waals surface area (Å²) in [5.74, 6) is 0.322. The summed E-state index contributed by atoms with van der Waals surface area (Å²) in [6, 6.07) is 4.80. The maximum absolute atomic E-state index is 13.3. The minimum Gasteiger partial charge on any atom is -0.489 e. The van der Waals surface area contributed by atoms with E-state index in [0.717, 1.165) is 12.1 Å². The van der Waals surface area contributed by atoms with E-state index < -0.39 is 0 Å². The molecule has 0 unspecified atom stereocenters. The van der Waals surface area contributed by atoms with Crippen LogP contribution in [-0.4, -0.2) is 13.2 Å². The molecule has 0 saturated carbocycles. The molecule has 0 aliphatic carbocycles. The van der Waals surface area contributed by atoms with Gasteiger partial charge in [0.15, 0.2) is 0 Å². The maximum Gasteiger partial charge on any atom is 0.127 e. The summed E-state index contributed by atoms with van der Waals surface area (Å²) in [4.78, 5) is 0. The van der Waals surface area contributed by atoms with E-state index in [9.17, 15) is 4.39 Å². The van der Waals surface area contributed by atoms with Crippen molar-refractivity contribution in [2.24, 2.45) is 0 Å². The van der Waals surface area contributed by atoms with Gasteiger partial charge in [-0.2, -0.15) is 0 Å². The van der Waals surface area contributed by atoms with E-state index in [-0.39, 0.29) is 5.82 Å². The fraction of sp³-hybridized carbons (Fsp3) is 0.429. The Morgan fingerprint density at radius 2 is 2.12 bits per heavy atom. The van der Waals surface area contributed by atoms with Crippen LogP contribution in [0, 0.1) is 5.82 Å². The van der Waals surface area contributed by atoms with Gasteiger partial charge < -0.3 is 10.1 Å². The van der Waals surface area contributed by atoms with Crippen LogP contribution in [0.2, 0.25) is 0 Å². The zero-order chi connectivity index (χ0) is 12.7. The molecule has 0 amide bonds. The van der Waals surface area contributed by atoms with Crippen molar-refractivity contribution in [3.05, 3.63) is 41.2 Å². The van der Waals surface area contributed by atoms with E-state index >= 15 is 0 Å². The van der Waals surface area contributed by atoms with Crippen LogP contribution in [0.4, 0.5) is 4.39 Å². The third kappa shape index (κ3) is 5.50. The lowest BCUT2D eigenvalue weighted by molar-refractivity contribution is 0.359. The Kier molecular flexibility index (Phi) is 5.70. The van der Waals surface area contributed by atoms with Crippen LogP contribution in [-0.2, 0) is 6.54 Å². The quantitative estimate of drug-likeness (QED) is 0.767. The van der Waals surface area contributed by atoms with Gasteiger partial charge in [-0.05, 0) is 44.2 Å². The van der Waals surface area contributed by atoms with Gasteiger partial charge in [-0.3, -0.25) is 0 Å². The van der Waals surface area contributed by atoms with Gasteiger partial charge in [-0.15, -0.1) is 0 Å². The maximum atomic E-state index is 13.3. The molecule has 1 aromatic rings. The number of hydrogen-bond acceptors (Lipinski definition) is 2. The zero-order valence-corrected chi connectivity index (χ0v) is 10.7. The summed E-state index contributed by atoms with van der Waals surface area (Å²) >= 11 is 0. The summed E-state index contributed by atoms with van der Waals surface area (Å²) in [6.07, 6.45) is 1.97. The highest BCUT2D eigenvalue weighted by atomic mass is 19.1. The molecule has 1 rings (SSSR count). The number of allylic oxidation sites excluding steroid dienone is 1. The van der Waals surface area contributed by atoms with Gasteiger partial charge in [-0.25, -0.2) is 4.39 Å². The second-order valence-electron chi connectivity index (χ2n) is 4.17. The lowest BCUT2D eigenvalue weighted by atomic mass is 10.2. The predicted molar refractivity (Wildman–Crippen MR) is 68.7 cm³/mol. The molecule has 1 N–H and O–H groups in total. The van der Waals surface area contributed by atoms with Crippen molar-refractivity contribution in [2.75, 3.05) is 13.2 Å². The third-order valence-corrected chi connectivity index (χ3v) is 2.25. The molecule has 0 fully saturated rings. The van der Waals surface area contributed by atoms with Gasteiger partial charge in [0.1, 0.15) is 18.2 Å². The van der Waals surface area contributed by atoms with Crippen molar-refractivity contribution in [1.29, 1.82) is 0 Å². The van der Waals surface area contributed by atoms with Gasteiger partial charge in [0.25, 0.3) is 0 Å². The number of halogens is 1. The van der Waals surface area contributed by atoms with E-state index in [1.165, 1.54) is 17.7 Å².